The number of aliphatic hydroxyl groups is 1. The second-order valence-electron chi connectivity index (χ2n) is 8.49. The van der Waals surface area contributed by atoms with Crippen LogP contribution in [0.25, 0.3) is 0 Å². The summed E-state index contributed by atoms with van der Waals surface area (Å²) in [5, 5.41) is 10.7. The number of benzene rings is 1. The van der Waals surface area contributed by atoms with Crippen molar-refractivity contribution in [2.45, 2.75) is 110 Å². The van der Waals surface area contributed by atoms with E-state index in [9.17, 15) is 5.11 Å². The standard InChI is InChI=1S/C26H47NO/c1-4-7-10-11-12-13-14-15-16-24-17-19-25(20-18-24)26(28)23-27(21-8-5-2)22-9-6-3/h17-20,26,28H,4-16,21-23H2,1-3H3. The van der Waals surface area contributed by atoms with Crippen LogP contribution in [0.2, 0.25) is 0 Å². The molecule has 1 atom stereocenters. The summed E-state index contributed by atoms with van der Waals surface area (Å²) < 4.78 is 0. The van der Waals surface area contributed by atoms with Crippen LogP contribution in [0, 0.1) is 0 Å². The van der Waals surface area contributed by atoms with Crippen molar-refractivity contribution < 1.29 is 5.11 Å². The molecule has 0 fully saturated rings. The van der Waals surface area contributed by atoms with Crippen molar-refractivity contribution in [1.82, 2.24) is 4.90 Å². The molecule has 0 bridgehead atoms. The number of unbranched alkanes of at least 4 members (excludes halogenated alkanes) is 9. The largest absolute Gasteiger partial charge is 0.387 e. The topological polar surface area (TPSA) is 23.5 Å². The van der Waals surface area contributed by atoms with Crippen LogP contribution in [0.15, 0.2) is 24.3 Å². The molecule has 1 N–H and O–H groups in total. The fourth-order valence-corrected chi connectivity index (χ4v) is 3.78. The van der Waals surface area contributed by atoms with Gasteiger partial charge in [0.1, 0.15) is 0 Å². The number of aliphatic hydroxyl groups excluding tert-OH is 1. The predicted octanol–water partition coefficient (Wildman–Crippen LogP) is 7.31. The normalized spacial score (nSPS) is 12.6. The van der Waals surface area contributed by atoms with E-state index in [0.717, 1.165) is 25.2 Å². The predicted molar refractivity (Wildman–Crippen MR) is 124 cm³/mol. The van der Waals surface area contributed by atoms with Gasteiger partial charge in [-0.3, -0.25) is 0 Å². The van der Waals surface area contributed by atoms with E-state index < -0.39 is 0 Å². The molecule has 0 spiro atoms. The number of aryl methyl sites for hydroxylation is 1. The molecule has 0 aliphatic heterocycles. The molecule has 0 aliphatic carbocycles. The maximum Gasteiger partial charge on any atom is 0.0916 e. The van der Waals surface area contributed by atoms with Crippen LogP contribution in [-0.2, 0) is 6.42 Å². The Kier molecular flexibility index (Phi) is 15.3. The summed E-state index contributed by atoms with van der Waals surface area (Å²) in [4.78, 5) is 2.44. The zero-order valence-electron chi connectivity index (χ0n) is 19.1. The molecule has 0 radical (unpaired) electrons. The van der Waals surface area contributed by atoms with E-state index in [4.69, 9.17) is 0 Å². The molecule has 0 aliphatic rings. The van der Waals surface area contributed by atoms with E-state index in [1.54, 1.807) is 0 Å². The van der Waals surface area contributed by atoms with Crippen LogP contribution >= 0.6 is 0 Å². The van der Waals surface area contributed by atoms with Gasteiger partial charge in [-0.05, 0) is 49.9 Å². The summed E-state index contributed by atoms with van der Waals surface area (Å²) in [6.45, 7) is 9.71. The summed E-state index contributed by atoms with van der Waals surface area (Å²) in [6.07, 6.45) is 16.6. The van der Waals surface area contributed by atoms with Crippen molar-refractivity contribution in [1.29, 1.82) is 0 Å². The third-order valence-electron chi connectivity index (χ3n) is 5.77. The van der Waals surface area contributed by atoms with Gasteiger partial charge in [-0.25, -0.2) is 0 Å². The van der Waals surface area contributed by atoms with Crippen molar-refractivity contribution in [3.05, 3.63) is 35.4 Å². The van der Waals surface area contributed by atoms with Gasteiger partial charge in [0, 0.05) is 6.54 Å². The summed E-state index contributed by atoms with van der Waals surface area (Å²) >= 11 is 0. The van der Waals surface area contributed by atoms with Gasteiger partial charge in [0.25, 0.3) is 0 Å². The smallest absolute Gasteiger partial charge is 0.0916 e. The fraction of sp³-hybridized carbons (Fsp3) is 0.769. The van der Waals surface area contributed by atoms with Gasteiger partial charge in [-0.2, -0.15) is 0 Å². The van der Waals surface area contributed by atoms with Crippen molar-refractivity contribution in [3.8, 4) is 0 Å². The highest BCUT2D eigenvalue weighted by molar-refractivity contribution is 5.24. The Bertz CT molecular complexity index is 448. The lowest BCUT2D eigenvalue weighted by molar-refractivity contribution is 0.111. The lowest BCUT2D eigenvalue weighted by Crippen LogP contribution is -2.30. The van der Waals surface area contributed by atoms with Crippen molar-refractivity contribution in [2.75, 3.05) is 19.6 Å². The summed E-state index contributed by atoms with van der Waals surface area (Å²) in [5.41, 5.74) is 2.48. The highest BCUT2D eigenvalue weighted by atomic mass is 16.3. The van der Waals surface area contributed by atoms with Gasteiger partial charge in [0.05, 0.1) is 6.10 Å². The molecule has 1 unspecified atom stereocenters. The van der Waals surface area contributed by atoms with E-state index in [0.29, 0.717) is 0 Å². The molecule has 0 aromatic heterocycles. The first-order valence-corrected chi connectivity index (χ1v) is 12.2. The first-order valence-electron chi connectivity index (χ1n) is 12.2. The number of hydrogen-bond acceptors (Lipinski definition) is 2. The quantitative estimate of drug-likeness (QED) is 0.266. The highest BCUT2D eigenvalue weighted by Crippen LogP contribution is 2.18. The zero-order chi connectivity index (χ0) is 20.5. The van der Waals surface area contributed by atoms with E-state index >= 15 is 0 Å². The monoisotopic (exact) mass is 389 g/mol. The lowest BCUT2D eigenvalue weighted by Gasteiger charge is -2.25. The van der Waals surface area contributed by atoms with E-state index in [1.165, 1.54) is 89.0 Å². The second-order valence-corrected chi connectivity index (χ2v) is 8.49. The Morgan fingerprint density at radius 2 is 1.18 bits per heavy atom. The van der Waals surface area contributed by atoms with Crippen LogP contribution in [0.4, 0.5) is 0 Å². The fourth-order valence-electron chi connectivity index (χ4n) is 3.78. The second kappa shape index (κ2) is 17.0. The minimum atomic E-state index is -0.370. The van der Waals surface area contributed by atoms with Crippen molar-refractivity contribution >= 4 is 0 Å². The minimum Gasteiger partial charge on any atom is -0.387 e. The van der Waals surface area contributed by atoms with Gasteiger partial charge in [-0.15, -0.1) is 0 Å². The highest BCUT2D eigenvalue weighted by Gasteiger charge is 2.13. The van der Waals surface area contributed by atoms with Gasteiger partial charge < -0.3 is 10.0 Å². The van der Waals surface area contributed by atoms with Crippen LogP contribution in [0.3, 0.4) is 0 Å². The molecule has 28 heavy (non-hydrogen) atoms. The molecule has 0 saturated carbocycles. The van der Waals surface area contributed by atoms with E-state index in [-0.39, 0.29) is 6.10 Å². The molecule has 0 saturated heterocycles. The van der Waals surface area contributed by atoms with Gasteiger partial charge >= 0.3 is 0 Å². The molecule has 0 heterocycles. The van der Waals surface area contributed by atoms with Gasteiger partial charge in [-0.1, -0.05) is 103 Å². The maximum absolute atomic E-state index is 10.7. The molecule has 1 aromatic carbocycles. The molecular weight excluding hydrogens is 342 g/mol. The molecule has 0 amide bonds. The number of hydrogen-bond donors (Lipinski definition) is 1. The van der Waals surface area contributed by atoms with E-state index in [1.807, 2.05) is 0 Å². The Balaban J connectivity index is 2.31. The average molecular weight is 390 g/mol. The van der Waals surface area contributed by atoms with Crippen molar-refractivity contribution in [3.63, 3.8) is 0 Å². The average Bonchev–Trinajstić information content (AvgIpc) is 2.72. The zero-order valence-corrected chi connectivity index (χ0v) is 19.1. The number of rotatable bonds is 18. The first-order chi connectivity index (χ1) is 13.7. The van der Waals surface area contributed by atoms with Crippen LogP contribution in [0.1, 0.15) is 115 Å². The lowest BCUT2D eigenvalue weighted by atomic mass is 10.0. The third kappa shape index (κ3) is 11.9. The summed E-state index contributed by atoms with van der Waals surface area (Å²) in [6, 6.07) is 8.73. The van der Waals surface area contributed by atoms with E-state index in [2.05, 4.69) is 49.9 Å². The van der Waals surface area contributed by atoms with Gasteiger partial charge in [0.2, 0.25) is 0 Å². The Hall–Kier alpha value is -0.860. The maximum atomic E-state index is 10.7. The summed E-state index contributed by atoms with van der Waals surface area (Å²) in [5.74, 6) is 0. The summed E-state index contributed by atoms with van der Waals surface area (Å²) in [7, 11) is 0. The molecule has 1 rings (SSSR count). The third-order valence-corrected chi connectivity index (χ3v) is 5.77. The van der Waals surface area contributed by atoms with Crippen LogP contribution < -0.4 is 0 Å². The van der Waals surface area contributed by atoms with Gasteiger partial charge in [0.15, 0.2) is 0 Å². The Labute approximate surface area is 175 Å². The SMILES string of the molecule is CCCCCCCCCCc1ccc(C(O)CN(CCCC)CCCC)cc1. The Morgan fingerprint density at radius 1 is 0.679 bits per heavy atom. The molecule has 2 nitrogen and oxygen atoms in total. The molecule has 2 heteroatoms. The van der Waals surface area contributed by atoms with Crippen molar-refractivity contribution in [2.24, 2.45) is 0 Å². The number of nitrogens with zero attached hydrogens (tertiary/aromatic N) is 1. The van der Waals surface area contributed by atoms with Crippen LogP contribution in [-0.4, -0.2) is 29.6 Å². The molecule has 162 valence electrons. The molecule has 1 aromatic rings. The van der Waals surface area contributed by atoms with Crippen LogP contribution in [0.5, 0.6) is 0 Å². The molecular formula is C26H47NO. The Morgan fingerprint density at radius 3 is 1.71 bits per heavy atom. The first kappa shape index (κ1) is 25.2. The minimum absolute atomic E-state index is 0.370.